The maximum atomic E-state index is 14.1. The largest absolute Gasteiger partial charge is 0.472 e. The minimum absolute atomic E-state index is 0.109. The number of ether oxygens (including phenoxy) is 1. The SMILES string of the molecule is [C-]#[N+][C@@H]1C[C@]2(CN1C(C)C)Oc1c(F)cccc1CNC2=O. The molecule has 2 atom stereocenters. The van der Waals surface area contributed by atoms with E-state index >= 15 is 0 Å². The van der Waals surface area contributed by atoms with E-state index in [1.807, 2.05) is 18.7 Å². The first-order chi connectivity index (χ1) is 10.5. The van der Waals surface area contributed by atoms with Gasteiger partial charge in [-0.3, -0.25) is 9.64 Å². The number of hydrogen-bond acceptors (Lipinski definition) is 3. The van der Waals surface area contributed by atoms with Gasteiger partial charge in [0.25, 0.3) is 12.1 Å². The first-order valence-corrected chi connectivity index (χ1v) is 7.34. The van der Waals surface area contributed by atoms with Gasteiger partial charge in [-0.15, -0.1) is 0 Å². The van der Waals surface area contributed by atoms with Crippen molar-refractivity contribution in [3.05, 3.63) is 41.0 Å². The van der Waals surface area contributed by atoms with Crippen molar-refractivity contribution in [2.45, 2.75) is 44.6 Å². The third-order valence-electron chi connectivity index (χ3n) is 4.34. The highest BCUT2D eigenvalue weighted by Crippen LogP contribution is 2.38. The van der Waals surface area contributed by atoms with E-state index in [4.69, 9.17) is 11.3 Å². The van der Waals surface area contributed by atoms with Crippen LogP contribution in [0.1, 0.15) is 25.8 Å². The van der Waals surface area contributed by atoms with Crippen molar-refractivity contribution >= 4 is 5.91 Å². The molecular formula is C16H18FN3O2. The van der Waals surface area contributed by atoms with E-state index in [0.717, 1.165) is 0 Å². The number of nitrogens with one attached hydrogen (secondary N) is 1. The van der Waals surface area contributed by atoms with Crippen LogP contribution in [0.15, 0.2) is 18.2 Å². The van der Waals surface area contributed by atoms with Crippen LogP contribution in [-0.2, 0) is 11.3 Å². The number of halogens is 1. The van der Waals surface area contributed by atoms with Crippen molar-refractivity contribution in [2.24, 2.45) is 0 Å². The van der Waals surface area contributed by atoms with Crippen molar-refractivity contribution in [3.63, 3.8) is 0 Å². The average Bonchev–Trinajstić information content (AvgIpc) is 2.81. The van der Waals surface area contributed by atoms with Crippen LogP contribution in [0.3, 0.4) is 0 Å². The van der Waals surface area contributed by atoms with Crippen LogP contribution in [0.4, 0.5) is 4.39 Å². The Bertz CT molecular complexity index is 655. The molecule has 1 fully saturated rings. The zero-order valence-corrected chi connectivity index (χ0v) is 12.6. The van der Waals surface area contributed by atoms with Crippen LogP contribution in [0, 0.1) is 12.4 Å². The Morgan fingerprint density at radius 1 is 1.55 bits per heavy atom. The molecule has 1 saturated heterocycles. The minimum Gasteiger partial charge on any atom is -0.472 e. The number of fused-ring (bicyclic) bond motifs is 1. The second-order valence-corrected chi connectivity index (χ2v) is 6.09. The van der Waals surface area contributed by atoms with Gasteiger partial charge >= 0.3 is 0 Å². The lowest BCUT2D eigenvalue weighted by Crippen LogP contribution is -2.52. The molecular weight excluding hydrogens is 285 g/mol. The third kappa shape index (κ3) is 2.22. The molecule has 1 aromatic carbocycles. The highest BCUT2D eigenvalue weighted by atomic mass is 19.1. The number of amides is 1. The molecule has 0 unspecified atom stereocenters. The van der Waals surface area contributed by atoms with Crippen molar-refractivity contribution in [3.8, 4) is 5.75 Å². The fraction of sp³-hybridized carbons (Fsp3) is 0.500. The zero-order chi connectivity index (χ0) is 15.9. The number of hydrogen-bond donors (Lipinski definition) is 1. The Hall–Kier alpha value is -2.13. The maximum absolute atomic E-state index is 14.1. The molecule has 0 aromatic heterocycles. The van der Waals surface area contributed by atoms with E-state index in [1.54, 1.807) is 12.1 Å². The number of benzene rings is 1. The van der Waals surface area contributed by atoms with Gasteiger partial charge in [-0.1, -0.05) is 12.1 Å². The van der Waals surface area contributed by atoms with Gasteiger partial charge in [-0.2, -0.15) is 0 Å². The van der Waals surface area contributed by atoms with Crippen LogP contribution in [-0.4, -0.2) is 35.2 Å². The zero-order valence-electron chi connectivity index (χ0n) is 12.6. The lowest BCUT2D eigenvalue weighted by molar-refractivity contribution is -0.135. The van der Waals surface area contributed by atoms with Gasteiger partial charge in [0, 0.05) is 18.2 Å². The quantitative estimate of drug-likeness (QED) is 0.807. The summed E-state index contributed by atoms with van der Waals surface area (Å²) in [5.74, 6) is -0.633. The molecule has 3 rings (SSSR count). The predicted octanol–water partition coefficient (Wildman–Crippen LogP) is 1.93. The molecule has 2 aliphatic heterocycles. The van der Waals surface area contributed by atoms with Crippen LogP contribution in [0.25, 0.3) is 4.85 Å². The summed E-state index contributed by atoms with van der Waals surface area (Å²) >= 11 is 0. The van der Waals surface area contributed by atoms with Gasteiger partial charge in [0.05, 0.1) is 13.0 Å². The van der Waals surface area contributed by atoms with Gasteiger partial charge in [0.1, 0.15) is 0 Å². The molecule has 1 spiro atoms. The summed E-state index contributed by atoms with van der Waals surface area (Å²) in [6.45, 7) is 11.8. The fourth-order valence-corrected chi connectivity index (χ4v) is 3.15. The Labute approximate surface area is 128 Å². The summed E-state index contributed by atoms with van der Waals surface area (Å²) in [4.78, 5) is 18.1. The first kappa shape index (κ1) is 14.8. The van der Waals surface area contributed by atoms with Crippen LogP contribution in [0.5, 0.6) is 5.75 Å². The van der Waals surface area contributed by atoms with Gasteiger partial charge in [-0.05, 0) is 19.9 Å². The average molecular weight is 303 g/mol. The Morgan fingerprint density at radius 2 is 2.32 bits per heavy atom. The summed E-state index contributed by atoms with van der Waals surface area (Å²) in [6, 6.07) is 4.76. The van der Waals surface area contributed by atoms with E-state index in [0.29, 0.717) is 5.56 Å². The molecule has 0 bridgehead atoms. The van der Waals surface area contributed by atoms with E-state index in [1.165, 1.54) is 6.07 Å². The summed E-state index contributed by atoms with van der Waals surface area (Å²) in [5, 5.41) is 2.80. The maximum Gasteiger partial charge on any atom is 0.284 e. The molecule has 1 amide bonds. The second kappa shape index (κ2) is 5.25. The number of likely N-dealkylation sites (tertiary alicyclic amines) is 1. The smallest absolute Gasteiger partial charge is 0.284 e. The summed E-state index contributed by atoms with van der Waals surface area (Å²) in [5.41, 5.74) is -0.583. The second-order valence-electron chi connectivity index (χ2n) is 6.09. The number of carbonyl (C=O) groups excluding carboxylic acids is 1. The molecule has 6 heteroatoms. The molecule has 22 heavy (non-hydrogen) atoms. The van der Waals surface area contributed by atoms with Crippen LogP contribution >= 0.6 is 0 Å². The highest BCUT2D eigenvalue weighted by molar-refractivity contribution is 5.87. The van der Waals surface area contributed by atoms with Gasteiger partial charge < -0.3 is 10.1 Å². The van der Waals surface area contributed by atoms with Crippen LogP contribution in [0.2, 0.25) is 0 Å². The van der Waals surface area contributed by atoms with Crippen molar-refractivity contribution in [1.29, 1.82) is 0 Å². The predicted molar refractivity (Wildman–Crippen MR) is 78.5 cm³/mol. The fourth-order valence-electron chi connectivity index (χ4n) is 3.15. The lowest BCUT2D eigenvalue weighted by Gasteiger charge is -2.27. The van der Waals surface area contributed by atoms with Gasteiger partial charge in [-0.25, -0.2) is 15.9 Å². The number of nitrogens with zero attached hydrogens (tertiary/aromatic N) is 2. The highest BCUT2D eigenvalue weighted by Gasteiger charge is 2.56. The van der Waals surface area contributed by atoms with Gasteiger partial charge in [0.2, 0.25) is 5.60 Å². The lowest BCUT2D eigenvalue weighted by atomic mass is 10.0. The third-order valence-corrected chi connectivity index (χ3v) is 4.34. The molecule has 2 aliphatic rings. The summed E-state index contributed by atoms with van der Waals surface area (Å²) in [7, 11) is 0. The molecule has 0 saturated carbocycles. The molecule has 116 valence electrons. The van der Waals surface area contributed by atoms with Crippen LogP contribution < -0.4 is 10.1 Å². The Kier molecular flexibility index (Phi) is 3.53. The van der Waals surface area contributed by atoms with Gasteiger partial charge in [0.15, 0.2) is 11.6 Å². The first-order valence-electron chi connectivity index (χ1n) is 7.34. The minimum atomic E-state index is -1.20. The van der Waals surface area contributed by atoms with Crippen molar-refractivity contribution in [2.75, 3.05) is 6.54 Å². The Morgan fingerprint density at radius 3 is 2.95 bits per heavy atom. The molecule has 2 heterocycles. The molecule has 5 nitrogen and oxygen atoms in total. The van der Waals surface area contributed by atoms with E-state index in [-0.39, 0.29) is 37.2 Å². The van der Waals surface area contributed by atoms with E-state index in [2.05, 4.69) is 10.2 Å². The standard InChI is InChI=1S/C16H18FN3O2/c1-10(2)20-9-16(7-13(20)18-3)15(21)19-8-11-5-4-6-12(17)14(11)22-16/h4-6,10,13H,7-9H2,1-2H3,(H,19,21)/t13-,16+/m0/s1. The van der Waals surface area contributed by atoms with E-state index in [9.17, 15) is 9.18 Å². The Balaban J connectivity index is 2.01. The van der Waals surface area contributed by atoms with E-state index < -0.39 is 17.6 Å². The van der Waals surface area contributed by atoms with Crippen molar-refractivity contribution in [1.82, 2.24) is 10.2 Å². The molecule has 0 radical (unpaired) electrons. The molecule has 0 aliphatic carbocycles. The number of rotatable bonds is 1. The topological polar surface area (TPSA) is 45.9 Å². The molecule has 1 N–H and O–H groups in total. The number of carbonyl (C=O) groups is 1. The molecule has 1 aromatic rings. The van der Waals surface area contributed by atoms with Crippen molar-refractivity contribution < 1.29 is 13.9 Å². The monoisotopic (exact) mass is 303 g/mol. The normalized spacial score (nSPS) is 28.0. The summed E-state index contributed by atoms with van der Waals surface area (Å²) < 4.78 is 20.0. The summed E-state index contributed by atoms with van der Waals surface area (Å²) in [6.07, 6.45) is -0.187. The number of para-hydroxylation sites is 1.